The second-order valence-electron chi connectivity index (χ2n) is 7.16. The largest absolute Gasteiger partial charge is 0.495 e. The smallest absolute Gasteiger partial charge is 0.221 e. The summed E-state index contributed by atoms with van der Waals surface area (Å²) in [7, 11) is 1.57. The first-order valence-electron chi connectivity index (χ1n) is 9.59. The fourth-order valence-electron chi connectivity index (χ4n) is 3.78. The van der Waals surface area contributed by atoms with Gasteiger partial charge in [-0.25, -0.2) is 0 Å². The number of amides is 1. The number of anilines is 2. The first kappa shape index (κ1) is 19.9. The third kappa shape index (κ3) is 3.73. The Bertz CT molecular complexity index is 1080. The van der Waals surface area contributed by atoms with Crippen molar-refractivity contribution in [3.05, 3.63) is 71.8 Å². The Morgan fingerprint density at radius 1 is 1.23 bits per heavy atom. The summed E-state index contributed by atoms with van der Waals surface area (Å²) in [6, 6.07) is 15.3. The molecular formula is C22H23N5O2S. The number of thiocarbonyl (C=S) groups is 1. The van der Waals surface area contributed by atoms with Gasteiger partial charge in [0.1, 0.15) is 11.8 Å². The first-order valence-corrected chi connectivity index (χ1v) is 10.0. The number of pyridine rings is 1. The lowest BCUT2D eigenvalue weighted by Gasteiger charge is -2.27. The highest BCUT2D eigenvalue weighted by molar-refractivity contribution is 7.80. The monoisotopic (exact) mass is 421 g/mol. The van der Waals surface area contributed by atoms with Gasteiger partial charge in [0.2, 0.25) is 5.91 Å². The maximum atomic E-state index is 11.7. The van der Waals surface area contributed by atoms with Crippen LogP contribution in [0, 0.1) is 6.92 Å². The quantitative estimate of drug-likeness (QED) is 0.543. The summed E-state index contributed by atoms with van der Waals surface area (Å²) >= 11 is 5.73. The van der Waals surface area contributed by atoms with Crippen molar-refractivity contribution >= 4 is 34.6 Å². The van der Waals surface area contributed by atoms with Crippen LogP contribution in [-0.4, -0.2) is 28.1 Å². The van der Waals surface area contributed by atoms with Crippen LogP contribution in [0.15, 0.2) is 54.7 Å². The number of aromatic nitrogens is 2. The highest BCUT2D eigenvalue weighted by atomic mass is 32.1. The molecule has 1 fully saturated rings. The van der Waals surface area contributed by atoms with Gasteiger partial charge < -0.3 is 25.3 Å². The molecule has 0 spiro atoms. The predicted octanol–water partition coefficient (Wildman–Crippen LogP) is 3.86. The van der Waals surface area contributed by atoms with Crippen molar-refractivity contribution in [2.75, 3.05) is 17.3 Å². The Morgan fingerprint density at radius 2 is 2.07 bits per heavy atom. The molecule has 1 aromatic carbocycles. The van der Waals surface area contributed by atoms with Crippen molar-refractivity contribution in [2.24, 2.45) is 0 Å². The number of methoxy groups -OCH3 is 1. The van der Waals surface area contributed by atoms with E-state index in [4.69, 9.17) is 17.0 Å². The number of H-pyrrole nitrogens is 1. The van der Waals surface area contributed by atoms with E-state index < -0.39 is 0 Å². The summed E-state index contributed by atoms with van der Waals surface area (Å²) in [5.74, 6) is 0.413. The van der Waals surface area contributed by atoms with Gasteiger partial charge in [-0.3, -0.25) is 9.78 Å². The van der Waals surface area contributed by atoms with Gasteiger partial charge in [-0.15, -0.1) is 0 Å². The second-order valence-corrected chi connectivity index (χ2v) is 7.55. The van der Waals surface area contributed by atoms with Gasteiger partial charge in [0.15, 0.2) is 5.11 Å². The second kappa shape index (κ2) is 8.16. The van der Waals surface area contributed by atoms with E-state index in [9.17, 15) is 4.79 Å². The van der Waals surface area contributed by atoms with Crippen LogP contribution >= 0.6 is 12.2 Å². The Labute approximate surface area is 180 Å². The molecule has 154 valence electrons. The van der Waals surface area contributed by atoms with Crippen molar-refractivity contribution in [3.8, 4) is 5.75 Å². The summed E-state index contributed by atoms with van der Waals surface area (Å²) in [5.41, 5.74) is 4.42. The van der Waals surface area contributed by atoms with Gasteiger partial charge in [0.05, 0.1) is 24.5 Å². The zero-order chi connectivity index (χ0) is 21.3. The molecule has 3 heterocycles. The zero-order valence-corrected chi connectivity index (χ0v) is 17.8. The summed E-state index contributed by atoms with van der Waals surface area (Å²) in [6.45, 7) is 3.49. The molecule has 1 aliphatic heterocycles. The van der Waals surface area contributed by atoms with E-state index in [1.54, 1.807) is 13.3 Å². The molecule has 0 saturated carbocycles. The van der Waals surface area contributed by atoms with E-state index >= 15 is 0 Å². The van der Waals surface area contributed by atoms with Gasteiger partial charge in [0.25, 0.3) is 0 Å². The van der Waals surface area contributed by atoms with Gasteiger partial charge in [-0.05, 0) is 61.6 Å². The molecule has 1 saturated heterocycles. The number of benzene rings is 1. The normalized spacial score (nSPS) is 18.2. The standard InChI is InChI=1S/C22H23N5O2S/c1-13-7-9-17(24-13)21-20(16-6-4-5-11-23-16)26-22(30)27(21)15-8-10-19(29-3)18(12-15)25-14(2)28/h4-12,20-21,24H,1-3H3,(H,25,28)(H,26,30)/t20-,21-/m0/s1. The summed E-state index contributed by atoms with van der Waals surface area (Å²) in [4.78, 5) is 21.7. The SMILES string of the molecule is COc1ccc(N2C(=S)N[C@@H](c3ccccn3)[C@@H]2c2ccc(C)[nH]2)cc1NC(C)=O. The number of aromatic amines is 1. The average molecular weight is 422 g/mol. The molecular weight excluding hydrogens is 398 g/mol. The number of rotatable bonds is 5. The summed E-state index contributed by atoms with van der Waals surface area (Å²) in [5, 5.41) is 6.84. The first-order chi connectivity index (χ1) is 14.5. The van der Waals surface area contributed by atoms with Crippen LogP contribution in [-0.2, 0) is 4.79 Å². The number of aryl methyl sites for hydroxylation is 1. The number of carbonyl (C=O) groups excluding carboxylic acids is 1. The Hall–Kier alpha value is -3.39. The molecule has 1 aliphatic rings. The Kier molecular flexibility index (Phi) is 5.41. The van der Waals surface area contributed by atoms with Gasteiger partial charge in [0, 0.05) is 30.2 Å². The number of carbonyl (C=O) groups is 1. The lowest BCUT2D eigenvalue weighted by Crippen LogP contribution is -2.29. The number of hydrogen-bond acceptors (Lipinski definition) is 4. The highest BCUT2D eigenvalue weighted by Gasteiger charge is 2.41. The van der Waals surface area contributed by atoms with Crippen LogP contribution in [0.1, 0.15) is 36.1 Å². The number of hydrogen-bond donors (Lipinski definition) is 3. The Morgan fingerprint density at radius 3 is 2.70 bits per heavy atom. The molecule has 3 aromatic rings. The van der Waals surface area contributed by atoms with Crippen LogP contribution in [0.5, 0.6) is 5.75 Å². The number of ether oxygens (including phenoxy) is 1. The molecule has 1 amide bonds. The van der Waals surface area contributed by atoms with Crippen LogP contribution in [0.4, 0.5) is 11.4 Å². The molecule has 0 bridgehead atoms. The van der Waals surface area contributed by atoms with Gasteiger partial charge in [-0.1, -0.05) is 6.07 Å². The van der Waals surface area contributed by atoms with E-state index in [-0.39, 0.29) is 18.0 Å². The van der Waals surface area contributed by atoms with Crippen molar-refractivity contribution in [1.29, 1.82) is 0 Å². The van der Waals surface area contributed by atoms with E-state index in [2.05, 4.69) is 26.7 Å². The van der Waals surface area contributed by atoms with Gasteiger partial charge >= 0.3 is 0 Å². The van der Waals surface area contributed by atoms with Crippen LogP contribution in [0.2, 0.25) is 0 Å². The zero-order valence-electron chi connectivity index (χ0n) is 17.0. The molecule has 7 nitrogen and oxygen atoms in total. The lowest BCUT2D eigenvalue weighted by molar-refractivity contribution is -0.114. The molecule has 0 radical (unpaired) electrons. The van der Waals surface area contributed by atoms with E-state index in [1.807, 2.05) is 54.3 Å². The maximum absolute atomic E-state index is 11.7. The highest BCUT2D eigenvalue weighted by Crippen LogP contribution is 2.42. The van der Waals surface area contributed by atoms with E-state index in [1.165, 1.54) is 6.92 Å². The molecule has 0 unspecified atom stereocenters. The van der Waals surface area contributed by atoms with Crippen LogP contribution in [0.3, 0.4) is 0 Å². The number of nitrogens with zero attached hydrogens (tertiary/aromatic N) is 2. The minimum absolute atomic E-state index is 0.136. The molecule has 4 rings (SSSR count). The number of nitrogens with one attached hydrogen (secondary N) is 3. The molecule has 0 aliphatic carbocycles. The van der Waals surface area contributed by atoms with Crippen molar-refractivity contribution < 1.29 is 9.53 Å². The van der Waals surface area contributed by atoms with Crippen LogP contribution < -0.4 is 20.3 Å². The average Bonchev–Trinajstić information content (AvgIpc) is 3.31. The fourth-order valence-corrected chi connectivity index (χ4v) is 4.13. The van der Waals surface area contributed by atoms with Crippen molar-refractivity contribution in [2.45, 2.75) is 25.9 Å². The predicted molar refractivity (Wildman–Crippen MR) is 121 cm³/mol. The van der Waals surface area contributed by atoms with Gasteiger partial charge in [-0.2, -0.15) is 0 Å². The summed E-state index contributed by atoms with van der Waals surface area (Å²) in [6.07, 6.45) is 1.78. The third-order valence-corrected chi connectivity index (χ3v) is 5.36. The molecule has 3 N–H and O–H groups in total. The lowest BCUT2D eigenvalue weighted by atomic mass is 10.0. The molecule has 8 heteroatoms. The minimum Gasteiger partial charge on any atom is -0.495 e. The fraction of sp³-hybridized carbons (Fsp3) is 0.227. The van der Waals surface area contributed by atoms with Crippen molar-refractivity contribution in [1.82, 2.24) is 15.3 Å². The van der Waals surface area contributed by atoms with Crippen LogP contribution in [0.25, 0.3) is 0 Å². The van der Waals surface area contributed by atoms with Crippen molar-refractivity contribution in [3.63, 3.8) is 0 Å². The third-order valence-electron chi connectivity index (χ3n) is 5.04. The minimum atomic E-state index is -0.171. The van der Waals surface area contributed by atoms with E-state index in [0.717, 1.165) is 22.8 Å². The molecule has 2 atom stereocenters. The summed E-state index contributed by atoms with van der Waals surface area (Å²) < 4.78 is 5.40. The molecule has 2 aromatic heterocycles. The maximum Gasteiger partial charge on any atom is 0.221 e. The Balaban J connectivity index is 1.81. The topological polar surface area (TPSA) is 82.3 Å². The van der Waals surface area contributed by atoms with E-state index in [0.29, 0.717) is 16.5 Å². The molecule has 30 heavy (non-hydrogen) atoms.